The third kappa shape index (κ3) is 3.79. The zero-order chi connectivity index (χ0) is 13.9. The summed E-state index contributed by atoms with van der Waals surface area (Å²) in [7, 11) is -3.39. The molecule has 0 unspecified atom stereocenters. The first-order valence-corrected chi connectivity index (χ1v) is 7.72. The Morgan fingerprint density at radius 1 is 1.26 bits per heavy atom. The smallest absolute Gasteiger partial charge is 0.210 e. The maximum absolute atomic E-state index is 11.5. The molecule has 0 spiro atoms. The van der Waals surface area contributed by atoms with E-state index >= 15 is 0 Å². The number of aromatic nitrogens is 1. The van der Waals surface area contributed by atoms with Crippen LogP contribution in [-0.4, -0.2) is 30.9 Å². The number of rotatable bonds is 5. The Morgan fingerprint density at radius 2 is 1.95 bits per heavy atom. The van der Waals surface area contributed by atoms with E-state index in [1.54, 1.807) is 24.3 Å². The molecule has 5 nitrogen and oxygen atoms in total. The number of benzene rings is 1. The van der Waals surface area contributed by atoms with E-state index in [0.29, 0.717) is 10.8 Å². The minimum Gasteiger partial charge on any atom is -0.440 e. The minimum atomic E-state index is -3.39. The summed E-state index contributed by atoms with van der Waals surface area (Å²) < 4.78 is 28.4. The van der Waals surface area contributed by atoms with E-state index < -0.39 is 16.4 Å². The van der Waals surface area contributed by atoms with Gasteiger partial charge in [0.1, 0.15) is 5.75 Å². The molecule has 102 valence electrons. The molecule has 1 aromatic heterocycles. The van der Waals surface area contributed by atoms with Gasteiger partial charge in [0.25, 0.3) is 0 Å². The molecule has 0 saturated heterocycles. The summed E-state index contributed by atoms with van der Waals surface area (Å²) in [6.07, 6.45) is 1.47. The fourth-order valence-corrected chi connectivity index (χ4v) is 2.58. The Hall–Kier alpha value is -1.37. The molecule has 0 amide bonds. The number of aliphatic hydroxyl groups excluding tert-OH is 1. The van der Waals surface area contributed by atoms with E-state index in [0.717, 1.165) is 5.56 Å². The van der Waals surface area contributed by atoms with Crippen molar-refractivity contribution in [3.8, 4) is 11.3 Å². The Kier molecular flexibility index (Phi) is 4.24. The van der Waals surface area contributed by atoms with E-state index in [2.05, 4.69) is 4.98 Å². The quantitative estimate of drug-likeness (QED) is 0.912. The molecule has 0 fully saturated rings. The average Bonchev–Trinajstić information content (AvgIpc) is 2.77. The lowest BCUT2D eigenvalue weighted by atomic mass is 10.2. The number of hydrogen-bond acceptors (Lipinski definition) is 5. The van der Waals surface area contributed by atoms with Crippen molar-refractivity contribution >= 4 is 21.4 Å². The summed E-state index contributed by atoms with van der Waals surface area (Å²) in [6, 6.07) is 6.94. The Balaban J connectivity index is 2.18. The second kappa shape index (κ2) is 5.73. The van der Waals surface area contributed by atoms with Gasteiger partial charge in [-0.25, -0.2) is 13.4 Å². The second-order valence-corrected chi connectivity index (χ2v) is 6.56. The highest BCUT2D eigenvalue weighted by atomic mass is 35.5. The molecule has 1 aromatic carbocycles. The standard InChI is InChI=1S/C12H12ClNO4S/c13-10-3-1-9(2-4-10)11-7-14-12(18-11)8-19(16,17)6-5-15/h1-4,7,15H,5-6,8H2. The van der Waals surface area contributed by atoms with E-state index in [-0.39, 0.29) is 17.4 Å². The second-order valence-electron chi connectivity index (χ2n) is 3.94. The Bertz CT molecular complexity index is 649. The molecule has 1 N–H and O–H groups in total. The van der Waals surface area contributed by atoms with Gasteiger partial charge in [0, 0.05) is 10.6 Å². The lowest BCUT2D eigenvalue weighted by Crippen LogP contribution is -2.12. The van der Waals surface area contributed by atoms with Gasteiger partial charge in [0.05, 0.1) is 18.6 Å². The van der Waals surface area contributed by atoms with Crippen molar-refractivity contribution in [1.82, 2.24) is 4.98 Å². The van der Waals surface area contributed by atoms with E-state index in [1.165, 1.54) is 6.20 Å². The third-order valence-electron chi connectivity index (χ3n) is 2.43. The topological polar surface area (TPSA) is 80.4 Å². The fourth-order valence-electron chi connectivity index (χ4n) is 1.52. The van der Waals surface area contributed by atoms with Gasteiger partial charge in [-0.3, -0.25) is 0 Å². The van der Waals surface area contributed by atoms with Crippen LogP contribution in [0.2, 0.25) is 5.02 Å². The molecule has 1 heterocycles. The van der Waals surface area contributed by atoms with Gasteiger partial charge >= 0.3 is 0 Å². The van der Waals surface area contributed by atoms with Crippen LogP contribution >= 0.6 is 11.6 Å². The number of nitrogens with zero attached hydrogens (tertiary/aromatic N) is 1. The predicted octanol–water partition coefficient (Wildman–Crippen LogP) is 1.90. The average molecular weight is 302 g/mol. The summed E-state index contributed by atoms with van der Waals surface area (Å²) in [6.45, 7) is -0.410. The molecule has 0 aliphatic heterocycles. The molecule has 0 aliphatic rings. The van der Waals surface area contributed by atoms with Crippen LogP contribution in [0.1, 0.15) is 5.89 Å². The SMILES string of the molecule is O=S(=O)(CCO)Cc1ncc(-c2ccc(Cl)cc2)o1. The van der Waals surface area contributed by atoms with Gasteiger partial charge < -0.3 is 9.52 Å². The third-order valence-corrected chi connectivity index (χ3v) is 4.17. The number of hydrogen-bond donors (Lipinski definition) is 1. The summed E-state index contributed by atoms with van der Waals surface area (Å²) >= 11 is 5.78. The first kappa shape index (κ1) is 14.0. The monoisotopic (exact) mass is 301 g/mol. The van der Waals surface area contributed by atoms with Crippen LogP contribution in [0.4, 0.5) is 0 Å². The lowest BCUT2D eigenvalue weighted by Gasteiger charge is -1.98. The molecule has 19 heavy (non-hydrogen) atoms. The molecular weight excluding hydrogens is 290 g/mol. The number of oxazole rings is 1. The summed E-state index contributed by atoms with van der Waals surface area (Å²) in [4.78, 5) is 3.92. The van der Waals surface area contributed by atoms with Crippen molar-refractivity contribution in [1.29, 1.82) is 0 Å². The van der Waals surface area contributed by atoms with Gasteiger partial charge in [0.15, 0.2) is 15.6 Å². The maximum Gasteiger partial charge on any atom is 0.210 e. The highest BCUT2D eigenvalue weighted by molar-refractivity contribution is 7.90. The van der Waals surface area contributed by atoms with Crippen molar-refractivity contribution in [3.63, 3.8) is 0 Å². The van der Waals surface area contributed by atoms with Crippen LogP contribution in [-0.2, 0) is 15.6 Å². The lowest BCUT2D eigenvalue weighted by molar-refractivity contribution is 0.319. The number of halogens is 1. The summed E-state index contributed by atoms with van der Waals surface area (Å²) in [5, 5.41) is 9.25. The number of aliphatic hydroxyl groups is 1. The molecule has 2 rings (SSSR count). The van der Waals surface area contributed by atoms with Crippen LogP contribution in [0.25, 0.3) is 11.3 Å². The zero-order valence-electron chi connectivity index (χ0n) is 9.91. The maximum atomic E-state index is 11.5. The van der Waals surface area contributed by atoms with Gasteiger partial charge in [-0.15, -0.1) is 0 Å². The molecular formula is C12H12ClNO4S. The van der Waals surface area contributed by atoms with E-state index in [9.17, 15) is 8.42 Å². The van der Waals surface area contributed by atoms with Crippen molar-refractivity contribution in [2.45, 2.75) is 5.75 Å². The van der Waals surface area contributed by atoms with Crippen molar-refractivity contribution in [2.75, 3.05) is 12.4 Å². The highest BCUT2D eigenvalue weighted by Gasteiger charge is 2.16. The molecule has 0 aliphatic carbocycles. The van der Waals surface area contributed by atoms with Crippen LogP contribution in [0, 0.1) is 0 Å². The zero-order valence-corrected chi connectivity index (χ0v) is 11.5. The minimum absolute atomic E-state index is 0.110. The van der Waals surface area contributed by atoms with Crippen molar-refractivity contribution < 1.29 is 17.9 Å². The van der Waals surface area contributed by atoms with Gasteiger partial charge in [0.2, 0.25) is 5.89 Å². The van der Waals surface area contributed by atoms with Gasteiger partial charge in [-0.05, 0) is 24.3 Å². The molecule has 7 heteroatoms. The Labute approximate surface area is 115 Å². The van der Waals surface area contributed by atoms with Gasteiger partial charge in [-0.1, -0.05) is 11.6 Å². The highest BCUT2D eigenvalue weighted by Crippen LogP contribution is 2.22. The summed E-state index contributed by atoms with van der Waals surface area (Å²) in [5.41, 5.74) is 0.766. The van der Waals surface area contributed by atoms with Crippen molar-refractivity contribution in [3.05, 3.63) is 41.4 Å². The fraction of sp³-hybridized carbons (Fsp3) is 0.250. The molecule has 0 saturated carbocycles. The first-order valence-electron chi connectivity index (χ1n) is 5.52. The predicted molar refractivity (Wildman–Crippen MR) is 71.5 cm³/mol. The van der Waals surface area contributed by atoms with Gasteiger partial charge in [-0.2, -0.15) is 0 Å². The van der Waals surface area contributed by atoms with Crippen LogP contribution in [0.15, 0.2) is 34.9 Å². The summed E-state index contributed by atoms with van der Waals surface area (Å²) in [5.74, 6) is -0.0310. The van der Waals surface area contributed by atoms with E-state index in [1.807, 2.05) is 0 Å². The molecule has 0 atom stereocenters. The van der Waals surface area contributed by atoms with E-state index in [4.69, 9.17) is 21.1 Å². The Morgan fingerprint density at radius 3 is 2.58 bits per heavy atom. The van der Waals surface area contributed by atoms with Crippen LogP contribution in [0.3, 0.4) is 0 Å². The largest absolute Gasteiger partial charge is 0.440 e. The number of sulfone groups is 1. The molecule has 0 radical (unpaired) electrons. The molecule has 2 aromatic rings. The first-order chi connectivity index (χ1) is 9.00. The molecule has 0 bridgehead atoms. The van der Waals surface area contributed by atoms with Crippen LogP contribution in [0.5, 0.6) is 0 Å². The van der Waals surface area contributed by atoms with Crippen LogP contribution < -0.4 is 0 Å². The van der Waals surface area contributed by atoms with Crippen molar-refractivity contribution in [2.24, 2.45) is 0 Å². The normalized spacial score (nSPS) is 11.7.